The molecule has 0 radical (unpaired) electrons. The average molecular weight is 430 g/mol. The Morgan fingerprint density at radius 3 is 2.61 bits per heavy atom. The Bertz CT molecular complexity index is 839. The molecule has 5 N–H and O–H groups in total. The Labute approximate surface area is 184 Å². The number of rotatable bonds is 10. The summed E-state index contributed by atoms with van der Waals surface area (Å²) in [5, 5.41) is 2.36. The molecule has 1 saturated heterocycles. The van der Waals surface area contributed by atoms with E-state index in [1.807, 2.05) is 12.1 Å². The van der Waals surface area contributed by atoms with Crippen molar-refractivity contribution in [1.29, 1.82) is 0 Å². The number of hydrogen-bond donors (Lipinski definition) is 3. The number of piperidine rings is 1. The van der Waals surface area contributed by atoms with Gasteiger partial charge >= 0.3 is 0 Å². The summed E-state index contributed by atoms with van der Waals surface area (Å²) in [5.74, 6) is -0.807. The van der Waals surface area contributed by atoms with Crippen molar-refractivity contribution in [1.82, 2.24) is 10.2 Å². The second kappa shape index (κ2) is 9.78. The van der Waals surface area contributed by atoms with E-state index in [2.05, 4.69) is 30.1 Å². The van der Waals surface area contributed by atoms with Gasteiger partial charge in [0, 0.05) is 42.9 Å². The van der Waals surface area contributed by atoms with E-state index in [-0.39, 0.29) is 29.6 Å². The van der Waals surface area contributed by atoms with Crippen LogP contribution in [-0.4, -0.2) is 54.8 Å². The van der Waals surface area contributed by atoms with E-state index >= 15 is 0 Å². The standard InChI is InChI=1S/C23H35N5O3/c1-23(2,15-25)10-13-27(12-4-3-11-24)18-7-5-6-16-17(18)14-28(22(16)31)19-8-9-20(29)26-21(19)30/h5-7,19H,3-4,8-15,24-25H2,1-2H3,(H,26,29,30). The van der Waals surface area contributed by atoms with E-state index in [0.29, 0.717) is 31.6 Å². The fraction of sp³-hybridized carbons (Fsp3) is 0.609. The van der Waals surface area contributed by atoms with Crippen LogP contribution in [0.1, 0.15) is 61.9 Å². The third-order valence-electron chi connectivity index (χ3n) is 6.39. The number of amides is 3. The molecular formula is C23H35N5O3. The predicted octanol–water partition coefficient (Wildman–Crippen LogP) is 1.37. The largest absolute Gasteiger partial charge is 0.371 e. The van der Waals surface area contributed by atoms with Crippen LogP contribution in [0.2, 0.25) is 0 Å². The molecule has 0 bridgehead atoms. The van der Waals surface area contributed by atoms with Crippen LogP contribution in [0.5, 0.6) is 0 Å². The Kier molecular flexibility index (Phi) is 7.33. The smallest absolute Gasteiger partial charge is 0.255 e. The fourth-order valence-corrected chi connectivity index (χ4v) is 4.20. The Morgan fingerprint density at radius 1 is 1.16 bits per heavy atom. The van der Waals surface area contributed by atoms with Gasteiger partial charge in [-0.3, -0.25) is 19.7 Å². The molecule has 8 nitrogen and oxygen atoms in total. The summed E-state index contributed by atoms with van der Waals surface area (Å²) in [6.07, 6.45) is 3.45. The molecule has 31 heavy (non-hydrogen) atoms. The van der Waals surface area contributed by atoms with Crippen molar-refractivity contribution >= 4 is 23.4 Å². The number of nitrogens with zero attached hydrogens (tertiary/aromatic N) is 2. The number of nitrogens with one attached hydrogen (secondary N) is 1. The van der Waals surface area contributed by atoms with Crippen molar-refractivity contribution in [2.24, 2.45) is 16.9 Å². The van der Waals surface area contributed by atoms with E-state index in [0.717, 1.165) is 43.6 Å². The van der Waals surface area contributed by atoms with Gasteiger partial charge < -0.3 is 21.3 Å². The molecule has 3 amide bonds. The second-order valence-corrected chi connectivity index (χ2v) is 9.30. The number of anilines is 1. The van der Waals surface area contributed by atoms with Gasteiger partial charge in [0.25, 0.3) is 5.91 Å². The van der Waals surface area contributed by atoms with Crippen molar-refractivity contribution in [2.45, 2.75) is 58.5 Å². The van der Waals surface area contributed by atoms with Gasteiger partial charge in [0.05, 0.1) is 0 Å². The average Bonchev–Trinajstić information content (AvgIpc) is 3.07. The molecule has 8 heteroatoms. The molecule has 170 valence electrons. The van der Waals surface area contributed by atoms with Gasteiger partial charge in [-0.15, -0.1) is 0 Å². The lowest BCUT2D eigenvalue weighted by Crippen LogP contribution is -2.52. The highest BCUT2D eigenvalue weighted by molar-refractivity contribution is 6.06. The molecule has 2 heterocycles. The third-order valence-corrected chi connectivity index (χ3v) is 6.39. The van der Waals surface area contributed by atoms with Crippen LogP contribution in [0.3, 0.4) is 0 Å². The first-order valence-electron chi connectivity index (χ1n) is 11.2. The van der Waals surface area contributed by atoms with Gasteiger partial charge in [-0.2, -0.15) is 0 Å². The summed E-state index contributed by atoms with van der Waals surface area (Å²) in [5.41, 5.74) is 14.3. The van der Waals surface area contributed by atoms with Crippen LogP contribution in [0.25, 0.3) is 0 Å². The van der Waals surface area contributed by atoms with Crippen molar-refractivity contribution < 1.29 is 14.4 Å². The minimum Gasteiger partial charge on any atom is -0.371 e. The molecule has 1 fully saturated rings. The third kappa shape index (κ3) is 5.25. The fourth-order valence-electron chi connectivity index (χ4n) is 4.20. The minimum absolute atomic E-state index is 0.0264. The van der Waals surface area contributed by atoms with Crippen molar-refractivity contribution in [3.63, 3.8) is 0 Å². The summed E-state index contributed by atoms with van der Waals surface area (Å²) in [6, 6.07) is 5.18. The Morgan fingerprint density at radius 2 is 1.94 bits per heavy atom. The number of fused-ring (bicyclic) bond motifs is 1. The maximum Gasteiger partial charge on any atom is 0.255 e. The molecule has 2 aliphatic rings. The maximum atomic E-state index is 13.1. The van der Waals surface area contributed by atoms with Crippen LogP contribution in [-0.2, 0) is 16.1 Å². The molecule has 0 aromatic heterocycles. The molecule has 1 atom stereocenters. The minimum atomic E-state index is -0.604. The SMILES string of the molecule is CC(C)(CN)CCN(CCCCN)c1cccc2c1CN(C1CCC(=O)NC1=O)C2=O. The van der Waals surface area contributed by atoms with Gasteiger partial charge in [-0.05, 0) is 56.3 Å². The zero-order chi connectivity index (χ0) is 22.6. The molecule has 1 unspecified atom stereocenters. The number of carbonyl (C=O) groups excluding carboxylic acids is 3. The number of unbranched alkanes of at least 4 members (excludes halogenated alkanes) is 1. The van der Waals surface area contributed by atoms with Crippen molar-refractivity contribution in [3.05, 3.63) is 29.3 Å². The van der Waals surface area contributed by atoms with Crippen LogP contribution < -0.4 is 21.7 Å². The summed E-state index contributed by atoms with van der Waals surface area (Å²) < 4.78 is 0. The van der Waals surface area contributed by atoms with E-state index in [9.17, 15) is 14.4 Å². The van der Waals surface area contributed by atoms with E-state index < -0.39 is 6.04 Å². The highest BCUT2D eigenvalue weighted by Crippen LogP contribution is 2.35. The first-order valence-corrected chi connectivity index (χ1v) is 11.2. The van der Waals surface area contributed by atoms with Gasteiger partial charge in [0.15, 0.2) is 0 Å². The quantitative estimate of drug-likeness (QED) is 0.381. The zero-order valence-corrected chi connectivity index (χ0v) is 18.7. The number of hydrogen-bond acceptors (Lipinski definition) is 6. The van der Waals surface area contributed by atoms with Crippen LogP contribution >= 0.6 is 0 Å². The first-order chi connectivity index (χ1) is 14.8. The van der Waals surface area contributed by atoms with Crippen LogP contribution in [0.4, 0.5) is 5.69 Å². The molecule has 3 rings (SSSR count). The monoisotopic (exact) mass is 429 g/mol. The predicted molar refractivity (Wildman–Crippen MR) is 120 cm³/mol. The highest BCUT2D eigenvalue weighted by Gasteiger charge is 2.40. The number of carbonyl (C=O) groups is 3. The number of imide groups is 1. The maximum absolute atomic E-state index is 13.1. The molecule has 0 spiro atoms. The lowest BCUT2D eigenvalue weighted by Gasteiger charge is -2.32. The van der Waals surface area contributed by atoms with Crippen LogP contribution in [0.15, 0.2) is 18.2 Å². The summed E-state index contributed by atoms with van der Waals surface area (Å²) >= 11 is 0. The van der Waals surface area contributed by atoms with Crippen molar-refractivity contribution in [2.75, 3.05) is 31.1 Å². The van der Waals surface area contributed by atoms with Gasteiger partial charge in [0.2, 0.25) is 11.8 Å². The summed E-state index contributed by atoms with van der Waals surface area (Å²) in [4.78, 5) is 41.0. The molecular weight excluding hydrogens is 394 g/mol. The molecule has 0 aliphatic carbocycles. The molecule has 1 aromatic carbocycles. The van der Waals surface area contributed by atoms with Gasteiger partial charge in [0.1, 0.15) is 6.04 Å². The topological polar surface area (TPSA) is 122 Å². The summed E-state index contributed by atoms with van der Waals surface area (Å²) in [7, 11) is 0. The van der Waals surface area contributed by atoms with E-state index in [1.54, 1.807) is 4.90 Å². The van der Waals surface area contributed by atoms with Crippen LogP contribution in [0, 0.1) is 5.41 Å². The molecule has 1 aromatic rings. The lowest BCUT2D eigenvalue weighted by molar-refractivity contribution is -0.136. The zero-order valence-electron chi connectivity index (χ0n) is 18.7. The molecule has 2 aliphatic heterocycles. The first kappa shape index (κ1) is 23.2. The van der Waals surface area contributed by atoms with Crippen molar-refractivity contribution in [3.8, 4) is 0 Å². The number of benzene rings is 1. The highest BCUT2D eigenvalue weighted by atomic mass is 16.2. The van der Waals surface area contributed by atoms with Gasteiger partial charge in [-0.25, -0.2) is 0 Å². The van der Waals surface area contributed by atoms with E-state index in [4.69, 9.17) is 11.5 Å². The Hall–Kier alpha value is -2.45. The second-order valence-electron chi connectivity index (χ2n) is 9.30. The lowest BCUT2D eigenvalue weighted by atomic mass is 9.89. The Balaban J connectivity index is 1.84. The number of nitrogens with two attached hydrogens (primary N) is 2. The molecule has 0 saturated carbocycles. The van der Waals surface area contributed by atoms with Gasteiger partial charge in [-0.1, -0.05) is 19.9 Å². The normalized spacial score (nSPS) is 18.9. The summed E-state index contributed by atoms with van der Waals surface area (Å²) in [6.45, 7) is 7.64. The van der Waals surface area contributed by atoms with E-state index in [1.165, 1.54) is 0 Å².